The van der Waals surface area contributed by atoms with E-state index in [1.165, 1.54) is 16.2 Å². The highest BCUT2D eigenvalue weighted by Gasteiger charge is 2.24. The summed E-state index contributed by atoms with van der Waals surface area (Å²) in [5.41, 5.74) is 6.68. The SMILES string of the molecule is Cc1cc(C)c(CNC(=O)c2csc(-c3cccc4c3CCN(C(=O)O)C4)c2C)c(=O)[nH]1. The summed E-state index contributed by atoms with van der Waals surface area (Å²) in [5, 5.41) is 14.0. The fraction of sp³-hybridized carbons (Fsp3) is 0.292. The average molecular weight is 452 g/mol. The lowest BCUT2D eigenvalue weighted by Gasteiger charge is -2.28. The number of hydrogen-bond acceptors (Lipinski definition) is 4. The number of nitrogens with zero attached hydrogens (tertiary/aromatic N) is 1. The normalized spacial score (nSPS) is 13.0. The van der Waals surface area contributed by atoms with Crippen molar-refractivity contribution in [2.24, 2.45) is 0 Å². The molecule has 32 heavy (non-hydrogen) atoms. The molecule has 3 aromatic rings. The first-order valence-electron chi connectivity index (χ1n) is 10.4. The van der Waals surface area contributed by atoms with Crippen molar-refractivity contribution in [2.45, 2.75) is 40.3 Å². The van der Waals surface area contributed by atoms with Crippen molar-refractivity contribution in [2.75, 3.05) is 6.54 Å². The van der Waals surface area contributed by atoms with Gasteiger partial charge >= 0.3 is 6.09 Å². The van der Waals surface area contributed by atoms with Gasteiger partial charge in [-0.05, 0) is 61.1 Å². The Hall–Kier alpha value is -3.39. The third kappa shape index (κ3) is 4.05. The summed E-state index contributed by atoms with van der Waals surface area (Å²) in [6, 6.07) is 7.82. The highest BCUT2D eigenvalue weighted by atomic mass is 32.1. The first kappa shape index (κ1) is 21.8. The highest BCUT2D eigenvalue weighted by Crippen LogP contribution is 2.37. The summed E-state index contributed by atoms with van der Waals surface area (Å²) in [7, 11) is 0. The summed E-state index contributed by atoms with van der Waals surface area (Å²) in [6.07, 6.45) is -0.262. The zero-order valence-electron chi connectivity index (χ0n) is 18.2. The summed E-state index contributed by atoms with van der Waals surface area (Å²) in [6.45, 7) is 6.62. The first-order chi connectivity index (χ1) is 15.3. The van der Waals surface area contributed by atoms with E-state index in [-0.39, 0.29) is 18.0 Å². The van der Waals surface area contributed by atoms with E-state index < -0.39 is 6.09 Å². The number of nitrogens with one attached hydrogen (secondary N) is 2. The van der Waals surface area contributed by atoms with Crippen molar-refractivity contribution < 1.29 is 14.7 Å². The molecule has 166 valence electrons. The lowest BCUT2D eigenvalue weighted by molar-refractivity contribution is 0.0950. The minimum atomic E-state index is -0.907. The van der Waals surface area contributed by atoms with Crippen LogP contribution in [0.25, 0.3) is 10.4 Å². The van der Waals surface area contributed by atoms with Gasteiger partial charge in [0.15, 0.2) is 0 Å². The van der Waals surface area contributed by atoms with Crippen LogP contribution in [0.5, 0.6) is 0 Å². The van der Waals surface area contributed by atoms with Gasteiger partial charge in [-0.25, -0.2) is 4.79 Å². The van der Waals surface area contributed by atoms with Crippen LogP contribution < -0.4 is 10.9 Å². The molecule has 0 aliphatic carbocycles. The van der Waals surface area contributed by atoms with Crippen molar-refractivity contribution >= 4 is 23.3 Å². The van der Waals surface area contributed by atoms with Crippen molar-refractivity contribution in [3.63, 3.8) is 0 Å². The van der Waals surface area contributed by atoms with Gasteiger partial charge in [-0.15, -0.1) is 11.3 Å². The quantitative estimate of drug-likeness (QED) is 0.558. The number of H-pyrrole nitrogens is 1. The van der Waals surface area contributed by atoms with Gasteiger partial charge in [0.25, 0.3) is 11.5 Å². The van der Waals surface area contributed by atoms with Crippen LogP contribution in [-0.2, 0) is 19.5 Å². The van der Waals surface area contributed by atoms with E-state index in [1.54, 1.807) is 0 Å². The van der Waals surface area contributed by atoms with Crippen LogP contribution in [0.2, 0.25) is 0 Å². The molecule has 3 N–H and O–H groups in total. The zero-order chi connectivity index (χ0) is 23.0. The number of fused-ring (bicyclic) bond motifs is 1. The lowest BCUT2D eigenvalue weighted by Crippen LogP contribution is -2.34. The third-order valence-electron chi connectivity index (χ3n) is 5.98. The summed E-state index contributed by atoms with van der Waals surface area (Å²) in [4.78, 5) is 41.7. The molecule has 7 nitrogen and oxygen atoms in total. The molecular formula is C24H25N3O4S. The molecule has 0 spiro atoms. The summed E-state index contributed by atoms with van der Waals surface area (Å²) < 4.78 is 0. The monoisotopic (exact) mass is 451 g/mol. The predicted molar refractivity (Wildman–Crippen MR) is 124 cm³/mol. The Kier molecular flexibility index (Phi) is 5.88. The second-order valence-corrected chi connectivity index (χ2v) is 9.01. The van der Waals surface area contributed by atoms with Crippen LogP contribution in [0, 0.1) is 20.8 Å². The third-order valence-corrected chi connectivity index (χ3v) is 7.10. The van der Waals surface area contributed by atoms with E-state index in [0.717, 1.165) is 38.4 Å². The number of rotatable bonds is 4. The van der Waals surface area contributed by atoms with Gasteiger partial charge < -0.3 is 20.3 Å². The highest BCUT2D eigenvalue weighted by molar-refractivity contribution is 7.14. The molecule has 0 radical (unpaired) electrons. The number of hydrogen-bond donors (Lipinski definition) is 3. The molecule has 1 aliphatic heterocycles. The number of aromatic amines is 1. The topological polar surface area (TPSA) is 102 Å². The molecule has 4 rings (SSSR count). The van der Waals surface area contributed by atoms with Gasteiger partial charge in [0, 0.05) is 41.1 Å². The number of carbonyl (C=O) groups is 2. The van der Waals surface area contributed by atoms with Crippen molar-refractivity contribution in [3.05, 3.63) is 79.1 Å². The van der Waals surface area contributed by atoms with E-state index in [2.05, 4.69) is 10.3 Å². The van der Waals surface area contributed by atoms with Gasteiger partial charge in [-0.1, -0.05) is 18.2 Å². The number of aromatic nitrogens is 1. The molecule has 1 aliphatic rings. The predicted octanol–water partition coefficient (Wildman–Crippen LogP) is 3.99. The van der Waals surface area contributed by atoms with E-state index in [4.69, 9.17) is 0 Å². The molecule has 0 fully saturated rings. The Morgan fingerprint density at radius 3 is 2.75 bits per heavy atom. The molecular weight excluding hydrogens is 426 g/mol. The van der Waals surface area contributed by atoms with Crippen LogP contribution in [0.3, 0.4) is 0 Å². The molecule has 2 aromatic heterocycles. The molecule has 8 heteroatoms. The average Bonchev–Trinajstić information content (AvgIpc) is 3.13. The lowest BCUT2D eigenvalue weighted by atomic mass is 9.92. The number of pyridine rings is 1. The van der Waals surface area contributed by atoms with Crippen molar-refractivity contribution in [1.29, 1.82) is 0 Å². The van der Waals surface area contributed by atoms with Crippen LogP contribution in [0.4, 0.5) is 4.79 Å². The number of benzene rings is 1. The molecule has 0 atom stereocenters. The second kappa shape index (κ2) is 8.63. The number of carbonyl (C=O) groups excluding carboxylic acids is 1. The fourth-order valence-corrected chi connectivity index (χ4v) is 5.38. The van der Waals surface area contributed by atoms with Crippen molar-refractivity contribution in [3.8, 4) is 10.4 Å². The Morgan fingerprint density at radius 2 is 2.03 bits per heavy atom. The van der Waals surface area contributed by atoms with Crippen LogP contribution in [0.1, 0.15) is 43.9 Å². The van der Waals surface area contributed by atoms with Gasteiger partial charge in [-0.2, -0.15) is 0 Å². The Balaban J connectivity index is 1.57. The smallest absolute Gasteiger partial charge is 0.407 e. The standard InChI is InChI=1S/C24H25N3O4S/c1-13-9-14(2)26-23(29)19(13)10-25-22(28)20-12-32-21(15(20)3)18-6-4-5-16-11-27(24(30)31)8-7-17(16)18/h4-6,9,12H,7-8,10-11H2,1-3H3,(H,25,28)(H,26,29)(H,30,31). The molecule has 0 saturated carbocycles. The Labute approximate surface area is 189 Å². The Morgan fingerprint density at radius 1 is 1.25 bits per heavy atom. The van der Waals surface area contributed by atoms with E-state index in [0.29, 0.717) is 30.6 Å². The molecule has 1 aromatic carbocycles. The minimum absolute atomic E-state index is 0.163. The number of amides is 2. The van der Waals surface area contributed by atoms with Crippen LogP contribution in [0.15, 0.2) is 34.4 Å². The van der Waals surface area contributed by atoms with Crippen LogP contribution in [-0.4, -0.2) is 33.5 Å². The molecule has 0 saturated heterocycles. The van der Waals surface area contributed by atoms with Crippen molar-refractivity contribution in [1.82, 2.24) is 15.2 Å². The largest absolute Gasteiger partial charge is 0.465 e. The van der Waals surface area contributed by atoms with E-state index >= 15 is 0 Å². The molecule has 0 bridgehead atoms. The number of aryl methyl sites for hydroxylation is 2. The van der Waals surface area contributed by atoms with Crippen LogP contribution >= 0.6 is 11.3 Å². The zero-order valence-corrected chi connectivity index (χ0v) is 19.1. The number of carboxylic acid groups (broad SMARTS) is 1. The first-order valence-corrected chi connectivity index (χ1v) is 11.3. The molecule has 3 heterocycles. The van der Waals surface area contributed by atoms with E-state index in [9.17, 15) is 19.5 Å². The fourth-order valence-electron chi connectivity index (χ4n) is 4.26. The van der Waals surface area contributed by atoms with Gasteiger partial charge in [-0.3, -0.25) is 9.59 Å². The number of thiophene rings is 1. The molecule has 0 unspecified atom stereocenters. The second-order valence-electron chi connectivity index (χ2n) is 8.13. The maximum atomic E-state index is 12.9. The summed E-state index contributed by atoms with van der Waals surface area (Å²) in [5.74, 6) is -0.216. The summed E-state index contributed by atoms with van der Waals surface area (Å²) >= 11 is 1.51. The van der Waals surface area contributed by atoms with Gasteiger partial charge in [0.05, 0.1) is 5.56 Å². The van der Waals surface area contributed by atoms with Gasteiger partial charge in [0.2, 0.25) is 0 Å². The maximum Gasteiger partial charge on any atom is 0.407 e. The minimum Gasteiger partial charge on any atom is -0.465 e. The molecule has 2 amide bonds. The maximum absolute atomic E-state index is 12.9. The Bertz CT molecular complexity index is 1270. The van der Waals surface area contributed by atoms with Gasteiger partial charge in [0.1, 0.15) is 0 Å². The van der Waals surface area contributed by atoms with E-state index in [1.807, 2.05) is 50.4 Å².